The Hall–Kier alpha value is -0.280. The fourth-order valence-corrected chi connectivity index (χ4v) is 7.09. The predicted molar refractivity (Wildman–Crippen MR) is 153 cm³/mol. The molecule has 36 heavy (non-hydrogen) atoms. The third-order valence-electron chi connectivity index (χ3n) is 9.63. The fourth-order valence-electron chi connectivity index (χ4n) is 7.09. The second-order valence-electron chi connectivity index (χ2n) is 12.6. The molecule has 6 fully saturated rings. The van der Waals surface area contributed by atoms with E-state index in [1.165, 1.54) is 130 Å². The standard InChI is InChI=1S/C11H22N2.C10H21N3.C8H16N2/c1-10(2)13-8-7-12-6-4-3-5-11(12)9-13;1-9(2)13-6-5-12-4-3-11-7-10(12)8-13;1-2-5-10-6-4-9-7-8(10)3-1/h10-11H,3-9H2,1-2H3;9-11H,3-8H2,1-2H3;8-9H,1-7H2. The Balaban J connectivity index is 0.000000128. The van der Waals surface area contributed by atoms with E-state index in [2.05, 4.69) is 62.8 Å². The summed E-state index contributed by atoms with van der Waals surface area (Å²) in [5.41, 5.74) is 0. The van der Waals surface area contributed by atoms with Gasteiger partial charge in [-0.05, 0) is 66.5 Å². The van der Waals surface area contributed by atoms with Gasteiger partial charge in [0, 0.05) is 109 Å². The van der Waals surface area contributed by atoms with Crippen LogP contribution < -0.4 is 10.6 Å². The van der Waals surface area contributed by atoms with Gasteiger partial charge < -0.3 is 10.6 Å². The summed E-state index contributed by atoms with van der Waals surface area (Å²) in [5.74, 6) is 0. The molecule has 0 aromatic rings. The molecule has 6 heterocycles. The first-order valence-corrected chi connectivity index (χ1v) is 15.6. The minimum Gasteiger partial charge on any atom is -0.314 e. The molecule has 0 saturated carbocycles. The van der Waals surface area contributed by atoms with Crippen LogP contribution in [0.5, 0.6) is 0 Å². The van der Waals surface area contributed by atoms with Crippen LogP contribution in [0, 0.1) is 0 Å². The second-order valence-corrected chi connectivity index (χ2v) is 12.6. The first-order valence-electron chi connectivity index (χ1n) is 15.6. The van der Waals surface area contributed by atoms with Crippen molar-refractivity contribution >= 4 is 0 Å². The van der Waals surface area contributed by atoms with Crippen LogP contribution >= 0.6 is 0 Å². The molecule has 210 valence electrons. The van der Waals surface area contributed by atoms with E-state index in [1.54, 1.807) is 0 Å². The number of piperidine rings is 2. The van der Waals surface area contributed by atoms with Gasteiger partial charge in [-0.15, -0.1) is 0 Å². The summed E-state index contributed by atoms with van der Waals surface area (Å²) in [6.07, 6.45) is 8.61. The lowest BCUT2D eigenvalue weighted by Gasteiger charge is -2.45. The summed E-state index contributed by atoms with van der Waals surface area (Å²) in [7, 11) is 0. The maximum absolute atomic E-state index is 3.48. The van der Waals surface area contributed by atoms with Crippen LogP contribution in [-0.2, 0) is 0 Å². The highest BCUT2D eigenvalue weighted by atomic mass is 15.3. The second kappa shape index (κ2) is 14.8. The number of fused-ring (bicyclic) bond motifs is 3. The van der Waals surface area contributed by atoms with Gasteiger partial charge in [0.1, 0.15) is 0 Å². The molecule has 0 aliphatic carbocycles. The maximum atomic E-state index is 3.48. The Morgan fingerprint density at radius 3 is 1.53 bits per heavy atom. The maximum Gasteiger partial charge on any atom is 0.0349 e. The lowest BCUT2D eigenvalue weighted by atomic mass is 9.99. The van der Waals surface area contributed by atoms with E-state index in [9.17, 15) is 0 Å². The Labute approximate surface area is 223 Å². The van der Waals surface area contributed by atoms with Crippen LogP contribution in [0.3, 0.4) is 0 Å². The monoisotopic (exact) mass is 505 g/mol. The van der Waals surface area contributed by atoms with Crippen molar-refractivity contribution in [3.8, 4) is 0 Å². The van der Waals surface area contributed by atoms with Crippen molar-refractivity contribution in [2.24, 2.45) is 0 Å². The van der Waals surface area contributed by atoms with E-state index in [4.69, 9.17) is 0 Å². The highest BCUT2D eigenvalue weighted by Gasteiger charge is 2.30. The highest BCUT2D eigenvalue weighted by molar-refractivity contribution is 4.88. The lowest BCUT2D eigenvalue weighted by Crippen LogP contribution is -2.62. The van der Waals surface area contributed by atoms with E-state index in [0.29, 0.717) is 6.04 Å². The molecule has 0 amide bonds. The minimum atomic E-state index is 0.712. The average Bonchev–Trinajstić information content (AvgIpc) is 2.93. The molecule has 3 atom stereocenters. The molecule has 2 N–H and O–H groups in total. The Morgan fingerprint density at radius 1 is 0.500 bits per heavy atom. The zero-order valence-corrected chi connectivity index (χ0v) is 24.3. The Morgan fingerprint density at radius 2 is 0.972 bits per heavy atom. The first-order chi connectivity index (χ1) is 17.5. The van der Waals surface area contributed by atoms with Gasteiger partial charge in [0.15, 0.2) is 0 Å². The van der Waals surface area contributed by atoms with Gasteiger partial charge >= 0.3 is 0 Å². The third kappa shape index (κ3) is 8.36. The molecule has 0 aromatic carbocycles. The Bertz CT molecular complexity index is 550. The zero-order valence-electron chi connectivity index (χ0n) is 24.3. The molecular formula is C29H59N7. The van der Waals surface area contributed by atoms with Crippen LogP contribution in [0.25, 0.3) is 0 Å². The zero-order chi connectivity index (χ0) is 25.3. The molecule has 6 saturated heterocycles. The van der Waals surface area contributed by atoms with Gasteiger partial charge in [0.2, 0.25) is 0 Å². The summed E-state index contributed by atoms with van der Waals surface area (Å²) >= 11 is 0. The van der Waals surface area contributed by atoms with Crippen molar-refractivity contribution in [1.82, 2.24) is 35.1 Å². The predicted octanol–water partition coefficient (Wildman–Crippen LogP) is 1.99. The van der Waals surface area contributed by atoms with Gasteiger partial charge in [0.05, 0.1) is 0 Å². The van der Waals surface area contributed by atoms with Crippen molar-refractivity contribution in [2.45, 2.75) is 96.4 Å². The van der Waals surface area contributed by atoms with Crippen molar-refractivity contribution in [3.63, 3.8) is 0 Å². The molecule has 7 heteroatoms. The fraction of sp³-hybridized carbons (Fsp3) is 1.00. The first kappa shape index (κ1) is 28.7. The van der Waals surface area contributed by atoms with Crippen LogP contribution in [0.2, 0.25) is 0 Å². The molecule has 6 aliphatic rings. The summed E-state index contributed by atoms with van der Waals surface area (Å²) in [4.78, 5) is 13.2. The SMILES string of the molecule is C1CCN2CCNCC2C1.CC(C)N1CCN2CCCCC2C1.CC(C)N1CCN2CCNCC2C1. The number of piperazine rings is 4. The average molecular weight is 506 g/mol. The molecule has 6 rings (SSSR count). The smallest absolute Gasteiger partial charge is 0.0349 e. The molecule has 0 aromatic heterocycles. The quantitative estimate of drug-likeness (QED) is 0.595. The molecule has 6 aliphatic heterocycles. The Kier molecular flexibility index (Phi) is 11.8. The number of nitrogens with one attached hydrogen (secondary N) is 2. The van der Waals surface area contributed by atoms with Crippen molar-refractivity contribution in [3.05, 3.63) is 0 Å². The van der Waals surface area contributed by atoms with Gasteiger partial charge in [-0.2, -0.15) is 0 Å². The van der Waals surface area contributed by atoms with Gasteiger partial charge in [-0.25, -0.2) is 0 Å². The topological polar surface area (TPSA) is 40.3 Å². The number of hydrogen-bond donors (Lipinski definition) is 2. The highest BCUT2D eigenvalue weighted by Crippen LogP contribution is 2.22. The molecule has 0 bridgehead atoms. The normalized spacial score (nSPS) is 33.0. The number of nitrogens with zero attached hydrogens (tertiary/aromatic N) is 5. The van der Waals surface area contributed by atoms with E-state index >= 15 is 0 Å². The summed E-state index contributed by atoms with van der Waals surface area (Å²) in [6.45, 7) is 27.0. The largest absolute Gasteiger partial charge is 0.314 e. The molecule has 7 nitrogen and oxygen atoms in total. The van der Waals surface area contributed by atoms with Gasteiger partial charge in [-0.3, -0.25) is 24.5 Å². The van der Waals surface area contributed by atoms with Crippen LogP contribution in [0.1, 0.15) is 66.2 Å². The molecule has 3 unspecified atom stereocenters. The third-order valence-corrected chi connectivity index (χ3v) is 9.63. The van der Waals surface area contributed by atoms with Gasteiger partial charge in [-0.1, -0.05) is 12.8 Å². The van der Waals surface area contributed by atoms with Crippen molar-refractivity contribution in [2.75, 3.05) is 91.6 Å². The van der Waals surface area contributed by atoms with Crippen LogP contribution in [-0.4, -0.2) is 146 Å². The lowest BCUT2D eigenvalue weighted by molar-refractivity contribution is 0.0348. The van der Waals surface area contributed by atoms with E-state index in [1.807, 2.05) is 0 Å². The molecule has 0 radical (unpaired) electrons. The minimum absolute atomic E-state index is 0.712. The molecular weight excluding hydrogens is 446 g/mol. The number of rotatable bonds is 2. The van der Waals surface area contributed by atoms with E-state index in [-0.39, 0.29) is 0 Å². The van der Waals surface area contributed by atoms with Crippen LogP contribution in [0.15, 0.2) is 0 Å². The summed E-state index contributed by atoms with van der Waals surface area (Å²) in [6, 6.07) is 3.98. The summed E-state index contributed by atoms with van der Waals surface area (Å²) < 4.78 is 0. The van der Waals surface area contributed by atoms with Crippen LogP contribution in [0.4, 0.5) is 0 Å². The van der Waals surface area contributed by atoms with E-state index < -0.39 is 0 Å². The number of hydrogen-bond acceptors (Lipinski definition) is 7. The van der Waals surface area contributed by atoms with Gasteiger partial charge in [0.25, 0.3) is 0 Å². The van der Waals surface area contributed by atoms with Crippen molar-refractivity contribution < 1.29 is 0 Å². The van der Waals surface area contributed by atoms with E-state index in [0.717, 1.165) is 24.2 Å². The van der Waals surface area contributed by atoms with Crippen molar-refractivity contribution in [1.29, 1.82) is 0 Å². The molecule has 0 spiro atoms. The summed E-state index contributed by atoms with van der Waals surface area (Å²) in [5, 5.41) is 6.92.